The zero-order valence-electron chi connectivity index (χ0n) is 16.9. The summed E-state index contributed by atoms with van der Waals surface area (Å²) in [7, 11) is 0. The Morgan fingerprint density at radius 2 is 1.61 bits per heavy atom. The van der Waals surface area contributed by atoms with Gasteiger partial charge in [-0.05, 0) is 44.9 Å². The highest BCUT2D eigenvalue weighted by molar-refractivity contribution is 5.85. The third-order valence-electron chi connectivity index (χ3n) is 5.75. The summed E-state index contributed by atoms with van der Waals surface area (Å²) >= 11 is 0. The molecule has 4 rings (SSSR count). The van der Waals surface area contributed by atoms with E-state index in [-0.39, 0.29) is 12.4 Å². The van der Waals surface area contributed by atoms with Crippen LogP contribution in [0, 0.1) is 13.8 Å². The van der Waals surface area contributed by atoms with Crippen LogP contribution in [0.25, 0.3) is 0 Å². The van der Waals surface area contributed by atoms with Crippen LogP contribution in [0.4, 0.5) is 5.95 Å². The van der Waals surface area contributed by atoms with E-state index in [0.29, 0.717) is 6.04 Å². The van der Waals surface area contributed by atoms with Gasteiger partial charge in [0.15, 0.2) is 0 Å². The number of piperidine rings is 1. The van der Waals surface area contributed by atoms with Gasteiger partial charge in [-0.1, -0.05) is 6.07 Å². The van der Waals surface area contributed by atoms with Crippen molar-refractivity contribution >= 4 is 18.4 Å². The molecule has 0 amide bonds. The highest BCUT2D eigenvalue weighted by Gasteiger charge is 2.28. The molecular formula is C21H31ClN6. The van der Waals surface area contributed by atoms with E-state index in [0.717, 1.165) is 63.1 Å². The molecule has 2 aromatic rings. The Labute approximate surface area is 174 Å². The molecule has 0 unspecified atom stereocenters. The summed E-state index contributed by atoms with van der Waals surface area (Å²) in [5, 5.41) is 0. The molecule has 2 aliphatic heterocycles. The number of nitrogens with zero attached hydrogens (tertiary/aromatic N) is 6. The Morgan fingerprint density at radius 3 is 2.21 bits per heavy atom. The van der Waals surface area contributed by atoms with Crippen LogP contribution >= 0.6 is 12.4 Å². The Morgan fingerprint density at radius 1 is 0.929 bits per heavy atom. The van der Waals surface area contributed by atoms with E-state index in [2.05, 4.69) is 55.6 Å². The van der Waals surface area contributed by atoms with E-state index in [1.807, 2.05) is 18.3 Å². The van der Waals surface area contributed by atoms with E-state index in [1.165, 1.54) is 18.5 Å². The summed E-state index contributed by atoms with van der Waals surface area (Å²) in [5.74, 6) is 0.908. The van der Waals surface area contributed by atoms with Crippen LogP contribution in [-0.4, -0.2) is 70.1 Å². The van der Waals surface area contributed by atoms with Gasteiger partial charge in [0.25, 0.3) is 0 Å². The van der Waals surface area contributed by atoms with Crippen LogP contribution in [0.5, 0.6) is 0 Å². The van der Waals surface area contributed by atoms with Gasteiger partial charge >= 0.3 is 0 Å². The maximum atomic E-state index is 4.63. The van der Waals surface area contributed by atoms with Gasteiger partial charge in [0, 0.05) is 69.4 Å². The summed E-state index contributed by atoms with van der Waals surface area (Å²) in [5.41, 5.74) is 3.29. The normalized spacial score (nSPS) is 19.4. The van der Waals surface area contributed by atoms with Crippen molar-refractivity contribution in [2.24, 2.45) is 0 Å². The number of aromatic nitrogens is 3. The van der Waals surface area contributed by atoms with E-state index in [1.54, 1.807) is 0 Å². The Balaban J connectivity index is 0.00000225. The lowest BCUT2D eigenvalue weighted by Crippen LogP contribution is -2.53. The zero-order chi connectivity index (χ0) is 18.6. The Bertz CT molecular complexity index is 720. The van der Waals surface area contributed by atoms with Gasteiger partial charge in [-0.2, -0.15) is 0 Å². The van der Waals surface area contributed by atoms with Crippen molar-refractivity contribution in [3.63, 3.8) is 0 Å². The molecular weight excluding hydrogens is 372 g/mol. The molecule has 0 bridgehead atoms. The number of aryl methyl sites for hydroxylation is 2. The van der Waals surface area contributed by atoms with Crippen molar-refractivity contribution in [2.75, 3.05) is 44.2 Å². The second-order valence-electron chi connectivity index (χ2n) is 7.80. The number of hydrogen-bond acceptors (Lipinski definition) is 6. The minimum Gasteiger partial charge on any atom is -0.341 e. The predicted octanol–water partition coefficient (Wildman–Crippen LogP) is 2.70. The van der Waals surface area contributed by atoms with E-state index in [9.17, 15) is 0 Å². The smallest absolute Gasteiger partial charge is 0.225 e. The lowest BCUT2D eigenvalue weighted by atomic mass is 10.0. The number of rotatable bonds is 4. The van der Waals surface area contributed by atoms with Crippen molar-refractivity contribution in [1.82, 2.24) is 24.8 Å². The fourth-order valence-electron chi connectivity index (χ4n) is 4.29. The molecule has 2 fully saturated rings. The van der Waals surface area contributed by atoms with Crippen molar-refractivity contribution in [3.05, 3.63) is 47.5 Å². The molecule has 0 N–H and O–H groups in total. The number of piperazine rings is 1. The van der Waals surface area contributed by atoms with Crippen LogP contribution < -0.4 is 4.90 Å². The molecule has 2 aromatic heterocycles. The van der Waals surface area contributed by atoms with E-state index in [4.69, 9.17) is 0 Å². The fourth-order valence-corrected chi connectivity index (χ4v) is 4.29. The molecule has 6 nitrogen and oxygen atoms in total. The average Bonchev–Trinajstić information content (AvgIpc) is 2.69. The molecule has 0 saturated carbocycles. The molecule has 4 heterocycles. The van der Waals surface area contributed by atoms with Crippen molar-refractivity contribution in [3.8, 4) is 0 Å². The number of pyridine rings is 1. The van der Waals surface area contributed by atoms with Gasteiger partial charge in [-0.25, -0.2) is 9.97 Å². The first kappa shape index (κ1) is 21.0. The number of anilines is 1. The second kappa shape index (κ2) is 9.63. The van der Waals surface area contributed by atoms with Crippen LogP contribution in [-0.2, 0) is 6.54 Å². The molecule has 0 atom stereocenters. The standard InChI is InChI=1S/C21H30N6.ClH/c1-17-15-18(2)24-21(23-17)27-9-6-20(7-10-27)26-13-11-25(12-14-26)16-19-5-3-4-8-22-19;/h3-5,8,15,20H,6-7,9-14,16H2,1-2H3;1H. The minimum atomic E-state index is 0. The molecule has 7 heteroatoms. The minimum absolute atomic E-state index is 0. The molecule has 0 spiro atoms. The summed E-state index contributed by atoms with van der Waals surface area (Å²) in [6, 6.07) is 8.92. The summed E-state index contributed by atoms with van der Waals surface area (Å²) in [6.07, 6.45) is 4.30. The van der Waals surface area contributed by atoms with Gasteiger partial charge in [-0.3, -0.25) is 14.8 Å². The molecule has 0 aromatic carbocycles. The zero-order valence-corrected chi connectivity index (χ0v) is 17.7. The van der Waals surface area contributed by atoms with Crippen molar-refractivity contribution in [2.45, 2.75) is 39.3 Å². The maximum Gasteiger partial charge on any atom is 0.225 e. The monoisotopic (exact) mass is 402 g/mol. The topological polar surface area (TPSA) is 48.4 Å². The third kappa shape index (κ3) is 5.19. The highest BCUT2D eigenvalue weighted by atomic mass is 35.5. The van der Waals surface area contributed by atoms with E-state index < -0.39 is 0 Å². The summed E-state index contributed by atoms with van der Waals surface area (Å²) in [6.45, 7) is 11.8. The molecule has 0 radical (unpaired) electrons. The number of hydrogen-bond donors (Lipinski definition) is 0. The predicted molar refractivity (Wildman–Crippen MR) is 115 cm³/mol. The number of halogens is 1. The highest BCUT2D eigenvalue weighted by Crippen LogP contribution is 2.22. The largest absolute Gasteiger partial charge is 0.341 e. The Kier molecular flexibility index (Phi) is 7.21. The van der Waals surface area contributed by atoms with Gasteiger partial charge in [0.1, 0.15) is 0 Å². The Hall–Kier alpha value is -1.76. The molecule has 0 aliphatic carbocycles. The molecule has 28 heavy (non-hydrogen) atoms. The quantitative estimate of drug-likeness (QED) is 0.783. The molecule has 2 aliphatic rings. The summed E-state index contributed by atoms with van der Waals surface area (Å²) in [4.78, 5) is 21.3. The van der Waals surface area contributed by atoms with Crippen molar-refractivity contribution in [1.29, 1.82) is 0 Å². The summed E-state index contributed by atoms with van der Waals surface area (Å²) < 4.78 is 0. The van der Waals surface area contributed by atoms with Crippen molar-refractivity contribution < 1.29 is 0 Å². The fraction of sp³-hybridized carbons (Fsp3) is 0.571. The molecule has 2 saturated heterocycles. The first-order valence-corrected chi connectivity index (χ1v) is 10.1. The first-order chi connectivity index (χ1) is 13.2. The molecule has 152 valence electrons. The van der Waals surface area contributed by atoms with Gasteiger partial charge < -0.3 is 4.90 Å². The maximum absolute atomic E-state index is 4.63. The average molecular weight is 403 g/mol. The van der Waals surface area contributed by atoms with Crippen LogP contribution in [0.1, 0.15) is 29.9 Å². The first-order valence-electron chi connectivity index (χ1n) is 10.1. The second-order valence-corrected chi connectivity index (χ2v) is 7.80. The van der Waals surface area contributed by atoms with Gasteiger partial charge in [0.2, 0.25) is 5.95 Å². The lowest BCUT2D eigenvalue weighted by molar-refractivity contribution is 0.0804. The van der Waals surface area contributed by atoms with Gasteiger partial charge in [0.05, 0.1) is 5.69 Å². The van der Waals surface area contributed by atoms with Gasteiger partial charge in [-0.15, -0.1) is 12.4 Å². The van der Waals surface area contributed by atoms with E-state index >= 15 is 0 Å². The van der Waals surface area contributed by atoms with Crippen LogP contribution in [0.2, 0.25) is 0 Å². The van der Waals surface area contributed by atoms with Crippen LogP contribution in [0.15, 0.2) is 30.5 Å². The lowest BCUT2D eigenvalue weighted by Gasteiger charge is -2.42. The van der Waals surface area contributed by atoms with Crippen LogP contribution in [0.3, 0.4) is 0 Å². The third-order valence-corrected chi connectivity index (χ3v) is 5.75. The SMILES string of the molecule is Cc1cc(C)nc(N2CCC(N3CCN(Cc4ccccn4)CC3)CC2)n1.Cl.